The fourth-order valence-electron chi connectivity index (χ4n) is 4.19. The number of ether oxygens (including phenoxy) is 8. The molecule has 212 valence electrons. The van der Waals surface area contributed by atoms with Crippen LogP contribution in [0.2, 0.25) is 0 Å². The first-order valence-corrected chi connectivity index (χ1v) is 11.4. The number of amides is 2. The van der Waals surface area contributed by atoms with Crippen LogP contribution in [0.4, 0.5) is 0 Å². The van der Waals surface area contributed by atoms with Gasteiger partial charge < -0.3 is 58.7 Å². The van der Waals surface area contributed by atoms with E-state index in [4.69, 9.17) is 37.9 Å². The van der Waals surface area contributed by atoms with Crippen LogP contribution in [0, 0.1) is 0 Å². The number of methoxy groups -OCH3 is 6. The molecular formula is C22H42N2O12. The van der Waals surface area contributed by atoms with Gasteiger partial charge in [0.2, 0.25) is 11.8 Å². The molecule has 2 rings (SSSR count). The lowest BCUT2D eigenvalue weighted by Crippen LogP contribution is -2.65. The third-order valence-corrected chi connectivity index (χ3v) is 5.76. The molecule has 0 aromatic rings. The maximum absolute atomic E-state index is 11.2. The summed E-state index contributed by atoms with van der Waals surface area (Å²) in [6.45, 7) is 3.23. The molecule has 2 fully saturated rings. The van der Waals surface area contributed by atoms with Crippen molar-refractivity contribution in [3.63, 3.8) is 0 Å². The Morgan fingerprint density at radius 3 is 1.56 bits per heavy atom. The summed E-state index contributed by atoms with van der Waals surface area (Å²) in [7, 11) is 8.89. The Morgan fingerprint density at radius 2 is 1.11 bits per heavy atom. The summed E-state index contributed by atoms with van der Waals surface area (Å²) in [5.74, 6) is -0.519. The van der Waals surface area contributed by atoms with Crippen LogP contribution in [-0.4, -0.2) is 139 Å². The second kappa shape index (κ2) is 16.4. The summed E-state index contributed by atoms with van der Waals surface area (Å²) >= 11 is 0. The average molecular weight is 527 g/mol. The zero-order chi connectivity index (χ0) is 27.4. The minimum atomic E-state index is -0.933. The minimum absolute atomic E-state index is 0.216. The van der Waals surface area contributed by atoms with E-state index in [1.54, 1.807) is 0 Å². The summed E-state index contributed by atoms with van der Waals surface area (Å²) in [5.41, 5.74) is 0. The van der Waals surface area contributed by atoms with E-state index in [-0.39, 0.29) is 25.0 Å². The minimum Gasteiger partial charge on any atom is -0.388 e. The van der Waals surface area contributed by atoms with Gasteiger partial charge in [0.15, 0.2) is 12.6 Å². The van der Waals surface area contributed by atoms with E-state index in [1.807, 2.05) is 0 Å². The Hall–Kier alpha value is -1.46. The Kier molecular flexibility index (Phi) is 14.8. The zero-order valence-corrected chi connectivity index (χ0v) is 22.2. The molecule has 0 spiro atoms. The molecule has 0 aromatic carbocycles. The van der Waals surface area contributed by atoms with Crippen molar-refractivity contribution < 1.29 is 57.7 Å². The van der Waals surface area contributed by atoms with Crippen molar-refractivity contribution in [1.29, 1.82) is 0 Å². The Bertz CT molecular complexity index is 657. The molecule has 14 heteroatoms. The van der Waals surface area contributed by atoms with Crippen molar-refractivity contribution in [3.8, 4) is 0 Å². The Labute approximate surface area is 211 Å². The lowest BCUT2D eigenvalue weighted by atomic mass is 9.96. The highest BCUT2D eigenvalue weighted by molar-refractivity contribution is 5.73. The number of carbonyl (C=O) groups is 2. The first kappa shape index (κ1) is 32.6. The zero-order valence-electron chi connectivity index (χ0n) is 22.2. The van der Waals surface area contributed by atoms with E-state index in [1.165, 1.54) is 56.5 Å². The molecule has 14 nitrogen and oxygen atoms in total. The smallest absolute Gasteiger partial charge is 0.217 e. The molecule has 2 amide bonds. The van der Waals surface area contributed by atoms with Gasteiger partial charge in [-0.3, -0.25) is 9.59 Å². The van der Waals surface area contributed by atoms with Crippen molar-refractivity contribution in [3.05, 3.63) is 0 Å². The molecule has 10 atom stereocenters. The van der Waals surface area contributed by atoms with Crippen molar-refractivity contribution >= 4 is 11.8 Å². The summed E-state index contributed by atoms with van der Waals surface area (Å²) in [6, 6.07) is -1.24. The van der Waals surface area contributed by atoms with Gasteiger partial charge in [0.05, 0.1) is 13.2 Å². The first-order valence-electron chi connectivity index (χ1n) is 11.4. The average Bonchev–Trinajstić information content (AvgIpc) is 2.83. The molecule has 0 aliphatic carbocycles. The summed E-state index contributed by atoms with van der Waals surface area (Å²) < 4.78 is 41.9. The van der Waals surface area contributed by atoms with E-state index >= 15 is 0 Å². The van der Waals surface area contributed by atoms with Gasteiger partial charge in [0.25, 0.3) is 0 Å². The van der Waals surface area contributed by atoms with Gasteiger partial charge in [0, 0.05) is 56.5 Å². The number of rotatable bonds is 10. The highest BCUT2D eigenvalue weighted by Crippen LogP contribution is 2.25. The molecule has 0 radical (unpaired) electrons. The maximum Gasteiger partial charge on any atom is 0.217 e. The van der Waals surface area contributed by atoms with Gasteiger partial charge in [-0.05, 0) is 0 Å². The molecule has 0 unspecified atom stereocenters. The monoisotopic (exact) mass is 526 g/mol. The van der Waals surface area contributed by atoms with Crippen LogP contribution in [0.3, 0.4) is 0 Å². The van der Waals surface area contributed by atoms with Gasteiger partial charge in [0.1, 0.15) is 48.7 Å². The van der Waals surface area contributed by atoms with E-state index < -0.39 is 61.3 Å². The SMILES string of the molecule is COC[C@H]1O[C@H](OC)[C@@H](NC(C)=O)[C@@H](OC)[C@H]1O.COC[C@H]1O[C@H](OC)[C@H](NC(C)=O)[C@@H](O)[C@@H]1OC. The molecule has 0 saturated carbocycles. The summed E-state index contributed by atoms with van der Waals surface area (Å²) in [5, 5.41) is 25.6. The quantitative estimate of drug-likeness (QED) is 0.242. The van der Waals surface area contributed by atoms with Crippen molar-refractivity contribution in [1.82, 2.24) is 10.6 Å². The number of nitrogens with one attached hydrogen (secondary N) is 2. The third-order valence-electron chi connectivity index (χ3n) is 5.76. The highest BCUT2D eigenvalue weighted by Gasteiger charge is 2.47. The lowest BCUT2D eigenvalue weighted by molar-refractivity contribution is -0.268. The van der Waals surface area contributed by atoms with Crippen LogP contribution in [-0.2, 0) is 47.5 Å². The van der Waals surface area contributed by atoms with E-state index in [9.17, 15) is 19.8 Å². The van der Waals surface area contributed by atoms with Crippen LogP contribution < -0.4 is 10.6 Å². The molecule has 4 N–H and O–H groups in total. The fraction of sp³-hybridized carbons (Fsp3) is 0.909. The van der Waals surface area contributed by atoms with E-state index in [2.05, 4.69) is 10.6 Å². The van der Waals surface area contributed by atoms with Crippen LogP contribution in [0.1, 0.15) is 13.8 Å². The molecule has 2 saturated heterocycles. The maximum atomic E-state index is 11.2. The number of aliphatic hydroxyl groups excluding tert-OH is 2. The van der Waals surface area contributed by atoms with Gasteiger partial charge in [-0.15, -0.1) is 0 Å². The fourth-order valence-corrected chi connectivity index (χ4v) is 4.19. The lowest BCUT2D eigenvalue weighted by Gasteiger charge is -2.43. The molecule has 2 aliphatic heterocycles. The number of aliphatic hydroxyl groups is 2. The van der Waals surface area contributed by atoms with Crippen LogP contribution in [0.15, 0.2) is 0 Å². The molecule has 0 aromatic heterocycles. The van der Waals surface area contributed by atoms with Gasteiger partial charge in [-0.1, -0.05) is 0 Å². The van der Waals surface area contributed by atoms with Crippen molar-refractivity contribution in [2.75, 3.05) is 55.9 Å². The number of hydrogen-bond acceptors (Lipinski definition) is 12. The van der Waals surface area contributed by atoms with Gasteiger partial charge in [-0.2, -0.15) is 0 Å². The highest BCUT2D eigenvalue weighted by atomic mass is 16.7. The number of carbonyl (C=O) groups excluding carboxylic acids is 2. The molecule has 0 bridgehead atoms. The second-order valence-electron chi connectivity index (χ2n) is 8.30. The van der Waals surface area contributed by atoms with E-state index in [0.29, 0.717) is 0 Å². The standard InChI is InChI=1S/2C11H21NO6/c1-6(13)12-8-9(14)10(16-3)7(5-15-2)18-11(8)17-4;1-6(13)12-8-10(16-3)9(14)7(5-15-2)18-11(8)17-4/h2*7-11,14H,5H2,1-4H3,(H,12,13)/t7-,8-,9-,10-,11+;7-,8+,9+,10-,11+/m11/s1. The molecule has 36 heavy (non-hydrogen) atoms. The van der Waals surface area contributed by atoms with Crippen LogP contribution >= 0.6 is 0 Å². The summed E-state index contributed by atoms with van der Waals surface area (Å²) in [6.07, 6.45) is -5.49. The predicted molar refractivity (Wildman–Crippen MR) is 124 cm³/mol. The van der Waals surface area contributed by atoms with Crippen LogP contribution in [0.5, 0.6) is 0 Å². The molecular weight excluding hydrogens is 484 g/mol. The predicted octanol–water partition coefficient (Wildman–Crippen LogP) is -2.23. The largest absolute Gasteiger partial charge is 0.388 e. The number of hydrogen-bond donors (Lipinski definition) is 4. The van der Waals surface area contributed by atoms with Crippen LogP contribution in [0.25, 0.3) is 0 Å². The third kappa shape index (κ3) is 8.83. The normalized spacial score (nSPS) is 36.4. The topological polar surface area (TPSA) is 172 Å². The first-order chi connectivity index (χ1) is 17.1. The van der Waals surface area contributed by atoms with Crippen molar-refractivity contribution in [2.24, 2.45) is 0 Å². The molecule has 2 heterocycles. The Morgan fingerprint density at radius 1 is 0.667 bits per heavy atom. The second-order valence-corrected chi connectivity index (χ2v) is 8.30. The van der Waals surface area contributed by atoms with Gasteiger partial charge >= 0.3 is 0 Å². The van der Waals surface area contributed by atoms with E-state index in [0.717, 1.165) is 0 Å². The molecule has 2 aliphatic rings. The Balaban J connectivity index is 0.000000360. The van der Waals surface area contributed by atoms with Crippen molar-refractivity contribution in [2.45, 2.75) is 75.1 Å². The van der Waals surface area contributed by atoms with Gasteiger partial charge in [-0.25, -0.2) is 0 Å². The summed E-state index contributed by atoms with van der Waals surface area (Å²) in [4.78, 5) is 22.3.